The minimum atomic E-state index is -2.50. The summed E-state index contributed by atoms with van der Waals surface area (Å²) in [5, 5.41) is 21.8. The lowest BCUT2D eigenvalue weighted by Gasteiger charge is -2.14. The molecular formula is C21H28F2N6O2. The number of nitrogens with zero attached hydrogens (tertiary/aromatic N) is 3. The quantitative estimate of drug-likeness (QED) is 0.452. The molecule has 0 spiro atoms. The van der Waals surface area contributed by atoms with Crippen molar-refractivity contribution < 1.29 is 18.3 Å². The minimum absolute atomic E-state index is 0.00160. The van der Waals surface area contributed by atoms with E-state index in [4.69, 9.17) is 15.4 Å². The van der Waals surface area contributed by atoms with E-state index in [1.54, 1.807) is 37.7 Å². The Hall–Kier alpha value is -3.61. The van der Waals surface area contributed by atoms with Gasteiger partial charge in [-0.3, -0.25) is 4.79 Å². The predicted molar refractivity (Wildman–Crippen MR) is 116 cm³/mol. The normalized spacial score (nSPS) is 10.6. The zero-order chi connectivity index (χ0) is 23.9. The molecule has 168 valence electrons. The highest BCUT2D eigenvalue weighted by Crippen LogP contribution is 2.15. The average Bonchev–Trinajstić information content (AvgIpc) is 2.72. The van der Waals surface area contributed by atoms with Crippen LogP contribution in [-0.2, 0) is 4.79 Å². The molecule has 0 saturated heterocycles. The molecule has 0 bridgehead atoms. The number of rotatable bonds is 7. The number of ether oxygens (including phenoxy) is 1. The molecule has 0 saturated carbocycles. The van der Waals surface area contributed by atoms with E-state index in [2.05, 4.69) is 20.6 Å². The van der Waals surface area contributed by atoms with Crippen molar-refractivity contribution in [3.63, 3.8) is 0 Å². The summed E-state index contributed by atoms with van der Waals surface area (Å²) in [6.07, 6.45) is 5.28. The number of alkyl halides is 2. The van der Waals surface area contributed by atoms with Gasteiger partial charge in [0.2, 0.25) is 12.3 Å². The second kappa shape index (κ2) is 14.4. The van der Waals surface area contributed by atoms with Crippen molar-refractivity contribution in [3.8, 4) is 12.1 Å². The number of hydrogen-bond donors (Lipinski definition) is 3. The Labute approximate surface area is 181 Å². The highest BCUT2D eigenvalue weighted by molar-refractivity contribution is 5.86. The van der Waals surface area contributed by atoms with Crippen LogP contribution >= 0.6 is 0 Å². The second-order valence-electron chi connectivity index (χ2n) is 6.70. The van der Waals surface area contributed by atoms with Crippen LogP contribution in [0.25, 0.3) is 0 Å². The lowest BCUT2D eigenvalue weighted by Crippen LogP contribution is -2.31. The summed E-state index contributed by atoms with van der Waals surface area (Å²) in [5.41, 5.74) is 2.99. The number of methoxy groups -OCH3 is 1. The van der Waals surface area contributed by atoms with E-state index >= 15 is 0 Å². The van der Waals surface area contributed by atoms with Gasteiger partial charge in [0.05, 0.1) is 18.7 Å². The molecule has 1 aromatic carbocycles. The molecule has 0 radical (unpaired) electrons. The number of carbonyl (C=O) groups excluding carboxylic acids is 1. The van der Waals surface area contributed by atoms with Crippen LogP contribution in [0.3, 0.4) is 0 Å². The number of nitriles is 1. The summed E-state index contributed by atoms with van der Waals surface area (Å²) in [5.74, 6) is -2.50. The lowest BCUT2D eigenvalue weighted by molar-refractivity contribution is -0.110. The fraction of sp³-hybridized carbons (Fsp3) is 0.381. The van der Waals surface area contributed by atoms with Gasteiger partial charge in [0.15, 0.2) is 0 Å². The van der Waals surface area contributed by atoms with Crippen molar-refractivity contribution >= 4 is 18.3 Å². The maximum atomic E-state index is 11.0. The third-order valence-electron chi connectivity index (χ3n) is 3.23. The Morgan fingerprint density at radius 1 is 1.32 bits per heavy atom. The van der Waals surface area contributed by atoms with Crippen molar-refractivity contribution in [2.75, 3.05) is 19.0 Å². The SMILES string of the molecule is CC(C)(F)F.CC(CNc1ccc(C#N)cc1C=N)NC=O.COc1ncc(C)cn1. The molecule has 1 unspecified atom stereocenters. The number of halogens is 2. The standard InChI is InChI=1S/C12H14N4O.C6H8N2O.C3H6F2/c1-9(16-8-17)7-15-12-3-2-10(5-13)4-11(12)6-14;1-5-3-7-6(9-2)8-4-5;1-3(2,4)5/h2-4,6,8-9,14-15H,7H2,1H3,(H,16,17);3-4H,1-2H3;1-2H3. The van der Waals surface area contributed by atoms with Gasteiger partial charge in [-0.05, 0) is 51.5 Å². The first-order valence-corrected chi connectivity index (χ1v) is 9.22. The molecule has 10 heteroatoms. The van der Waals surface area contributed by atoms with Crippen molar-refractivity contribution in [1.82, 2.24) is 15.3 Å². The molecule has 2 rings (SSSR count). The molecule has 0 fully saturated rings. The Morgan fingerprint density at radius 3 is 2.35 bits per heavy atom. The number of benzene rings is 1. The summed E-state index contributed by atoms with van der Waals surface area (Å²) in [4.78, 5) is 17.9. The number of aromatic nitrogens is 2. The first-order chi connectivity index (χ1) is 14.5. The first-order valence-electron chi connectivity index (χ1n) is 9.22. The van der Waals surface area contributed by atoms with E-state index in [-0.39, 0.29) is 6.04 Å². The topological polar surface area (TPSA) is 124 Å². The Bertz CT molecular complexity index is 842. The van der Waals surface area contributed by atoms with E-state index in [0.717, 1.165) is 25.1 Å². The molecule has 1 aromatic heterocycles. The average molecular weight is 434 g/mol. The Morgan fingerprint density at radius 2 is 1.90 bits per heavy atom. The predicted octanol–water partition coefficient (Wildman–Crippen LogP) is 3.56. The van der Waals surface area contributed by atoms with Crippen LogP contribution in [0.1, 0.15) is 37.5 Å². The van der Waals surface area contributed by atoms with Crippen LogP contribution in [0.4, 0.5) is 14.5 Å². The maximum absolute atomic E-state index is 11.0. The number of aryl methyl sites for hydroxylation is 1. The summed E-state index contributed by atoms with van der Waals surface area (Å²) >= 11 is 0. The third kappa shape index (κ3) is 14.1. The summed E-state index contributed by atoms with van der Waals surface area (Å²) in [6, 6.07) is 7.53. The van der Waals surface area contributed by atoms with E-state index in [0.29, 0.717) is 30.1 Å². The Kier molecular flexibility index (Phi) is 12.7. The zero-order valence-corrected chi connectivity index (χ0v) is 18.2. The third-order valence-corrected chi connectivity index (χ3v) is 3.23. The van der Waals surface area contributed by atoms with Crippen LogP contribution in [0.5, 0.6) is 6.01 Å². The van der Waals surface area contributed by atoms with Gasteiger partial charge in [-0.2, -0.15) is 5.26 Å². The molecule has 1 atom stereocenters. The molecule has 8 nitrogen and oxygen atoms in total. The van der Waals surface area contributed by atoms with Crippen LogP contribution in [0.15, 0.2) is 30.6 Å². The molecule has 0 aliphatic heterocycles. The van der Waals surface area contributed by atoms with Crippen molar-refractivity contribution in [2.24, 2.45) is 0 Å². The number of anilines is 1. The van der Waals surface area contributed by atoms with E-state index in [1.165, 1.54) is 6.21 Å². The number of nitrogens with one attached hydrogen (secondary N) is 3. The summed E-state index contributed by atoms with van der Waals surface area (Å²) in [6.45, 7) is 6.07. The van der Waals surface area contributed by atoms with Gasteiger partial charge >= 0.3 is 6.01 Å². The van der Waals surface area contributed by atoms with E-state index < -0.39 is 5.92 Å². The lowest BCUT2D eigenvalue weighted by atomic mass is 10.1. The number of amides is 1. The van der Waals surface area contributed by atoms with Gasteiger partial charge in [0.1, 0.15) is 0 Å². The Balaban J connectivity index is 0.000000533. The number of carbonyl (C=O) groups is 1. The molecule has 1 heterocycles. The summed E-state index contributed by atoms with van der Waals surface area (Å²) < 4.78 is 26.8. The molecule has 31 heavy (non-hydrogen) atoms. The first kappa shape index (κ1) is 27.4. The monoisotopic (exact) mass is 434 g/mol. The smallest absolute Gasteiger partial charge is 0.316 e. The molecule has 2 aromatic rings. The largest absolute Gasteiger partial charge is 0.467 e. The van der Waals surface area contributed by atoms with Crippen molar-refractivity contribution in [2.45, 2.75) is 39.7 Å². The van der Waals surface area contributed by atoms with E-state index in [9.17, 15) is 13.6 Å². The molecule has 0 aliphatic carbocycles. The molecular weight excluding hydrogens is 406 g/mol. The molecule has 0 aliphatic rings. The minimum Gasteiger partial charge on any atom is -0.467 e. The van der Waals surface area contributed by atoms with Crippen LogP contribution in [-0.4, -0.2) is 48.2 Å². The molecule has 3 N–H and O–H groups in total. The fourth-order valence-corrected chi connectivity index (χ4v) is 1.84. The summed E-state index contributed by atoms with van der Waals surface area (Å²) in [7, 11) is 1.55. The van der Waals surface area contributed by atoms with Crippen LogP contribution in [0, 0.1) is 23.7 Å². The van der Waals surface area contributed by atoms with Gasteiger partial charge < -0.3 is 20.8 Å². The zero-order valence-electron chi connectivity index (χ0n) is 18.2. The van der Waals surface area contributed by atoms with Gasteiger partial charge in [-0.25, -0.2) is 18.7 Å². The molecule has 1 amide bonds. The van der Waals surface area contributed by atoms with Crippen LogP contribution in [0.2, 0.25) is 0 Å². The highest BCUT2D eigenvalue weighted by Gasteiger charge is 2.08. The fourth-order valence-electron chi connectivity index (χ4n) is 1.84. The van der Waals surface area contributed by atoms with Gasteiger partial charge in [0, 0.05) is 42.4 Å². The maximum Gasteiger partial charge on any atom is 0.316 e. The van der Waals surface area contributed by atoms with Crippen LogP contribution < -0.4 is 15.4 Å². The van der Waals surface area contributed by atoms with Gasteiger partial charge in [0.25, 0.3) is 0 Å². The van der Waals surface area contributed by atoms with Crippen molar-refractivity contribution in [1.29, 1.82) is 10.7 Å². The highest BCUT2D eigenvalue weighted by atomic mass is 19.3. The van der Waals surface area contributed by atoms with Gasteiger partial charge in [-0.15, -0.1) is 0 Å². The van der Waals surface area contributed by atoms with Gasteiger partial charge in [-0.1, -0.05) is 0 Å². The second-order valence-corrected chi connectivity index (χ2v) is 6.70. The van der Waals surface area contributed by atoms with E-state index in [1.807, 2.05) is 19.9 Å². The number of hydrogen-bond acceptors (Lipinski definition) is 7. The van der Waals surface area contributed by atoms with Crippen molar-refractivity contribution in [3.05, 3.63) is 47.3 Å².